The number of sulfonamides is 1. The van der Waals surface area contributed by atoms with E-state index in [4.69, 9.17) is 0 Å². The lowest BCUT2D eigenvalue weighted by molar-refractivity contribution is -0.917. The largest absolute Gasteiger partial charge is 0.328 e. The van der Waals surface area contributed by atoms with Crippen molar-refractivity contribution in [2.24, 2.45) is 0 Å². The molecule has 0 bridgehead atoms. The van der Waals surface area contributed by atoms with Crippen molar-refractivity contribution in [1.29, 1.82) is 0 Å². The number of hydrogen-bond acceptors (Lipinski definition) is 5. The van der Waals surface area contributed by atoms with Crippen molar-refractivity contribution >= 4 is 26.3 Å². The fourth-order valence-corrected chi connectivity index (χ4v) is 5.49. The second kappa shape index (κ2) is 7.16. The van der Waals surface area contributed by atoms with Crippen molar-refractivity contribution in [3.63, 3.8) is 0 Å². The fourth-order valence-electron chi connectivity index (χ4n) is 3.31. The molecule has 0 radical (unpaired) electrons. The second-order valence-corrected chi connectivity index (χ2v) is 9.60. The number of aryl methyl sites for hydroxylation is 1. The van der Waals surface area contributed by atoms with E-state index in [1.54, 1.807) is 28.7 Å². The van der Waals surface area contributed by atoms with Gasteiger partial charge in [0.25, 0.3) is 5.56 Å². The average molecular weight is 406 g/mol. The third kappa shape index (κ3) is 3.68. The molecule has 2 aromatic heterocycles. The lowest BCUT2D eigenvalue weighted by Gasteiger charge is -2.31. The second-order valence-electron chi connectivity index (χ2n) is 6.79. The highest BCUT2D eigenvalue weighted by atomic mass is 32.2. The molecule has 1 fully saturated rings. The molecule has 0 saturated carbocycles. The van der Waals surface area contributed by atoms with Gasteiger partial charge in [-0.2, -0.15) is 4.31 Å². The first-order chi connectivity index (χ1) is 12.9. The maximum absolute atomic E-state index is 12.8. The molecule has 0 unspecified atom stereocenters. The van der Waals surface area contributed by atoms with Crippen LogP contribution in [0.3, 0.4) is 0 Å². The van der Waals surface area contributed by atoms with E-state index in [1.165, 1.54) is 20.6 Å². The van der Waals surface area contributed by atoms with Gasteiger partial charge in [-0.25, -0.2) is 13.4 Å². The maximum atomic E-state index is 12.8. The monoisotopic (exact) mass is 405 g/mol. The van der Waals surface area contributed by atoms with Crippen LogP contribution in [0.2, 0.25) is 0 Å². The molecule has 7 nitrogen and oxygen atoms in total. The summed E-state index contributed by atoms with van der Waals surface area (Å²) in [5, 5.41) is 1.84. The molecular formula is C18H21N4O3S2+. The van der Waals surface area contributed by atoms with Gasteiger partial charge in [0.2, 0.25) is 10.0 Å². The van der Waals surface area contributed by atoms with Gasteiger partial charge in [-0.1, -0.05) is 17.7 Å². The fraction of sp³-hybridized carbons (Fsp3) is 0.333. The van der Waals surface area contributed by atoms with Gasteiger partial charge in [0, 0.05) is 17.6 Å². The number of fused-ring (bicyclic) bond motifs is 1. The molecule has 0 spiro atoms. The molecule has 4 rings (SSSR count). The van der Waals surface area contributed by atoms with Gasteiger partial charge < -0.3 is 4.90 Å². The molecule has 0 atom stereocenters. The van der Waals surface area contributed by atoms with Crippen LogP contribution in [-0.2, 0) is 16.6 Å². The molecule has 9 heteroatoms. The molecule has 1 aromatic carbocycles. The van der Waals surface area contributed by atoms with E-state index in [2.05, 4.69) is 4.98 Å². The van der Waals surface area contributed by atoms with Crippen LogP contribution >= 0.6 is 11.3 Å². The molecule has 0 amide bonds. The van der Waals surface area contributed by atoms with Crippen molar-refractivity contribution in [3.05, 3.63) is 63.5 Å². The van der Waals surface area contributed by atoms with Gasteiger partial charge in [0.1, 0.15) is 12.2 Å². The highest BCUT2D eigenvalue weighted by molar-refractivity contribution is 7.89. The van der Waals surface area contributed by atoms with Crippen molar-refractivity contribution in [3.8, 4) is 0 Å². The first-order valence-corrected chi connectivity index (χ1v) is 11.1. The summed E-state index contributed by atoms with van der Waals surface area (Å²) in [7, 11) is -3.45. The van der Waals surface area contributed by atoms with E-state index < -0.39 is 10.0 Å². The van der Waals surface area contributed by atoms with Crippen molar-refractivity contribution in [2.75, 3.05) is 26.2 Å². The summed E-state index contributed by atoms with van der Waals surface area (Å²) in [6.07, 6.45) is 1.72. The number of aromatic nitrogens is 2. The lowest BCUT2D eigenvalue weighted by Crippen LogP contribution is -3.13. The number of hydrogen-bond donors (Lipinski definition) is 1. The van der Waals surface area contributed by atoms with Crippen LogP contribution in [0.4, 0.5) is 0 Å². The van der Waals surface area contributed by atoms with Crippen molar-refractivity contribution < 1.29 is 13.3 Å². The predicted octanol–water partition coefficient (Wildman–Crippen LogP) is 0.154. The molecule has 1 N–H and O–H groups in total. The van der Waals surface area contributed by atoms with E-state index in [1.807, 2.05) is 24.4 Å². The Morgan fingerprint density at radius 3 is 2.59 bits per heavy atom. The Labute approximate surface area is 161 Å². The van der Waals surface area contributed by atoms with E-state index in [0.29, 0.717) is 42.6 Å². The van der Waals surface area contributed by atoms with Gasteiger partial charge in [-0.05, 0) is 19.1 Å². The van der Waals surface area contributed by atoms with Gasteiger partial charge in [-0.15, -0.1) is 11.3 Å². The first-order valence-electron chi connectivity index (χ1n) is 8.80. The molecule has 1 saturated heterocycles. The molecule has 142 valence electrons. The zero-order valence-corrected chi connectivity index (χ0v) is 16.6. The zero-order valence-electron chi connectivity index (χ0n) is 15.0. The summed E-state index contributed by atoms with van der Waals surface area (Å²) in [6, 6.07) is 8.54. The Hall–Kier alpha value is -2.07. The number of thiazole rings is 1. The summed E-state index contributed by atoms with van der Waals surface area (Å²) < 4.78 is 28.7. The SMILES string of the molecule is Cc1ccc(S(=O)(=O)N2CC[NH+](Cc3cc(=O)n4ccsc4n3)CC2)cc1. The standard InChI is InChI=1S/C18H20N4O3S2/c1-14-2-4-16(5-3-14)27(24,25)21-8-6-20(7-9-21)13-15-12-17(23)22-10-11-26-18(22)19-15/h2-5,10-12H,6-9,13H2,1H3/p+1. The minimum absolute atomic E-state index is 0.0729. The Morgan fingerprint density at radius 2 is 1.89 bits per heavy atom. The van der Waals surface area contributed by atoms with E-state index in [-0.39, 0.29) is 5.56 Å². The van der Waals surface area contributed by atoms with Crippen LogP contribution in [0.5, 0.6) is 0 Å². The quantitative estimate of drug-likeness (QED) is 0.671. The van der Waals surface area contributed by atoms with Crippen LogP contribution in [0.25, 0.3) is 4.96 Å². The van der Waals surface area contributed by atoms with Gasteiger partial charge in [0.05, 0.1) is 31.1 Å². The van der Waals surface area contributed by atoms with Gasteiger partial charge in [0.15, 0.2) is 4.96 Å². The van der Waals surface area contributed by atoms with Crippen molar-refractivity contribution in [2.45, 2.75) is 18.4 Å². The topological polar surface area (TPSA) is 76.2 Å². The molecule has 0 aliphatic carbocycles. The van der Waals surface area contributed by atoms with E-state index in [9.17, 15) is 13.2 Å². The summed E-state index contributed by atoms with van der Waals surface area (Å²) in [5.41, 5.74) is 1.72. The van der Waals surface area contributed by atoms with Crippen LogP contribution in [0.15, 0.2) is 51.6 Å². The Balaban J connectivity index is 1.43. The van der Waals surface area contributed by atoms with Gasteiger partial charge in [-0.3, -0.25) is 9.20 Å². The highest BCUT2D eigenvalue weighted by Crippen LogP contribution is 2.16. The lowest BCUT2D eigenvalue weighted by atomic mass is 10.2. The molecule has 1 aliphatic rings. The highest BCUT2D eigenvalue weighted by Gasteiger charge is 2.30. The molecule has 1 aliphatic heterocycles. The van der Waals surface area contributed by atoms with Crippen LogP contribution < -0.4 is 10.5 Å². The molecule has 3 heterocycles. The van der Waals surface area contributed by atoms with Crippen LogP contribution in [-0.4, -0.2) is 48.3 Å². The Kier molecular flexibility index (Phi) is 4.85. The van der Waals surface area contributed by atoms with Crippen LogP contribution in [0.1, 0.15) is 11.3 Å². The van der Waals surface area contributed by atoms with E-state index >= 15 is 0 Å². The molecular weight excluding hydrogens is 384 g/mol. The first kappa shape index (κ1) is 18.3. The summed E-state index contributed by atoms with van der Waals surface area (Å²) in [6.45, 7) is 4.87. The number of nitrogens with zero attached hydrogens (tertiary/aromatic N) is 3. The molecule has 3 aromatic rings. The van der Waals surface area contributed by atoms with Crippen molar-refractivity contribution in [1.82, 2.24) is 13.7 Å². The Bertz CT molecular complexity index is 1110. The smallest absolute Gasteiger partial charge is 0.258 e. The normalized spacial score (nSPS) is 16.8. The average Bonchev–Trinajstić information content (AvgIpc) is 3.12. The number of rotatable bonds is 4. The summed E-state index contributed by atoms with van der Waals surface area (Å²) in [5.74, 6) is 0. The number of quaternary nitrogens is 1. The summed E-state index contributed by atoms with van der Waals surface area (Å²) >= 11 is 1.44. The Morgan fingerprint density at radius 1 is 1.19 bits per heavy atom. The third-order valence-electron chi connectivity index (χ3n) is 4.88. The number of piperazine rings is 1. The number of nitrogens with one attached hydrogen (secondary N) is 1. The van der Waals surface area contributed by atoms with Crippen LogP contribution in [0, 0.1) is 6.92 Å². The molecule has 27 heavy (non-hydrogen) atoms. The minimum Gasteiger partial charge on any atom is -0.328 e. The maximum Gasteiger partial charge on any atom is 0.258 e. The predicted molar refractivity (Wildman–Crippen MR) is 104 cm³/mol. The summed E-state index contributed by atoms with van der Waals surface area (Å²) in [4.78, 5) is 18.9. The van der Waals surface area contributed by atoms with Gasteiger partial charge >= 0.3 is 0 Å². The van der Waals surface area contributed by atoms with E-state index in [0.717, 1.165) is 11.3 Å². The number of benzene rings is 1. The minimum atomic E-state index is -3.45. The zero-order chi connectivity index (χ0) is 19.0. The third-order valence-corrected chi connectivity index (χ3v) is 7.55.